The maximum atomic E-state index is 12.5. The molecule has 1 aliphatic rings. The second kappa shape index (κ2) is 7.00. The fourth-order valence-corrected chi connectivity index (χ4v) is 3.06. The van der Waals surface area contributed by atoms with Gasteiger partial charge in [0.15, 0.2) is 0 Å². The van der Waals surface area contributed by atoms with E-state index in [0.717, 1.165) is 16.8 Å². The van der Waals surface area contributed by atoms with Gasteiger partial charge in [0.05, 0.1) is 12.5 Å². The first kappa shape index (κ1) is 17.7. The van der Waals surface area contributed by atoms with Gasteiger partial charge in [-0.2, -0.15) is 0 Å². The molecule has 26 heavy (non-hydrogen) atoms. The standard InChI is InChI=1S/C20H22N2O4/c1-4-25-20(24)18-17(12-5-7-13(8-6-12)22(2)3)15-10-9-14(23)11-16(15)26-19(18)21/h5-11,17,23H,4,21H2,1-3H3/t17-/m0/s1. The van der Waals surface area contributed by atoms with Gasteiger partial charge in [0.1, 0.15) is 17.1 Å². The first-order valence-corrected chi connectivity index (χ1v) is 8.37. The summed E-state index contributed by atoms with van der Waals surface area (Å²) in [7, 11) is 3.92. The van der Waals surface area contributed by atoms with Gasteiger partial charge in [-0.1, -0.05) is 18.2 Å². The van der Waals surface area contributed by atoms with E-state index in [9.17, 15) is 9.90 Å². The summed E-state index contributed by atoms with van der Waals surface area (Å²) in [6.45, 7) is 1.98. The number of nitrogens with zero attached hydrogens (tertiary/aromatic N) is 1. The molecule has 1 atom stereocenters. The third-order valence-corrected chi connectivity index (χ3v) is 4.32. The summed E-state index contributed by atoms with van der Waals surface area (Å²) >= 11 is 0. The SMILES string of the molecule is CCOC(=O)C1=C(N)Oc2cc(O)ccc2[C@@H]1c1ccc(N(C)C)cc1. The van der Waals surface area contributed by atoms with E-state index in [1.54, 1.807) is 19.1 Å². The van der Waals surface area contributed by atoms with E-state index >= 15 is 0 Å². The molecule has 0 aromatic heterocycles. The second-order valence-corrected chi connectivity index (χ2v) is 6.24. The molecule has 2 aromatic rings. The lowest BCUT2D eigenvalue weighted by Gasteiger charge is -2.28. The summed E-state index contributed by atoms with van der Waals surface area (Å²) in [6, 6.07) is 12.6. The highest BCUT2D eigenvalue weighted by atomic mass is 16.5. The van der Waals surface area contributed by atoms with Gasteiger partial charge in [-0.15, -0.1) is 0 Å². The fourth-order valence-electron chi connectivity index (χ4n) is 3.06. The number of ether oxygens (including phenoxy) is 2. The Morgan fingerprint density at radius 1 is 1.23 bits per heavy atom. The zero-order valence-corrected chi connectivity index (χ0v) is 15.0. The van der Waals surface area contributed by atoms with Crippen LogP contribution >= 0.6 is 0 Å². The minimum atomic E-state index is -0.509. The Bertz CT molecular complexity index is 857. The normalized spacial score (nSPS) is 15.9. The minimum absolute atomic E-state index is 0.0109. The van der Waals surface area contributed by atoms with Crippen LogP contribution in [0.5, 0.6) is 11.5 Å². The van der Waals surface area contributed by atoms with Crippen molar-refractivity contribution in [3.05, 3.63) is 65.0 Å². The van der Waals surface area contributed by atoms with E-state index in [1.165, 1.54) is 6.07 Å². The summed E-state index contributed by atoms with van der Waals surface area (Å²) < 4.78 is 10.8. The first-order valence-electron chi connectivity index (χ1n) is 8.37. The van der Waals surface area contributed by atoms with Crippen molar-refractivity contribution in [3.63, 3.8) is 0 Å². The van der Waals surface area contributed by atoms with Crippen molar-refractivity contribution in [2.24, 2.45) is 5.73 Å². The monoisotopic (exact) mass is 354 g/mol. The molecule has 0 saturated carbocycles. The predicted octanol–water partition coefficient (Wildman–Crippen LogP) is 2.72. The molecule has 0 saturated heterocycles. The van der Waals surface area contributed by atoms with Crippen LogP contribution in [0.1, 0.15) is 24.0 Å². The van der Waals surface area contributed by atoms with Gasteiger partial charge in [0.25, 0.3) is 0 Å². The van der Waals surface area contributed by atoms with E-state index in [4.69, 9.17) is 15.2 Å². The number of phenols is 1. The van der Waals surface area contributed by atoms with E-state index < -0.39 is 11.9 Å². The van der Waals surface area contributed by atoms with Gasteiger partial charge in [0.2, 0.25) is 5.88 Å². The van der Waals surface area contributed by atoms with Crippen LogP contribution in [0.15, 0.2) is 53.9 Å². The molecule has 0 aliphatic carbocycles. The smallest absolute Gasteiger partial charge is 0.340 e. The Balaban J connectivity index is 2.14. The number of hydrogen-bond acceptors (Lipinski definition) is 6. The number of hydrogen-bond donors (Lipinski definition) is 2. The van der Waals surface area contributed by atoms with E-state index in [1.807, 2.05) is 43.3 Å². The van der Waals surface area contributed by atoms with Crippen LogP contribution in [0.2, 0.25) is 0 Å². The van der Waals surface area contributed by atoms with E-state index in [0.29, 0.717) is 5.75 Å². The first-order chi connectivity index (χ1) is 12.4. The lowest BCUT2D eigenvalue weighted by atomic mass is 9.83. The zero-order chi connectivity index (χ0) is 18.8. The van der Waals surface area contributed by atoms with Crippen LogP contribution in [0, 0.1) is 0 Å². The number of phenolic OH excluding ortho intramolecular Hbond substituents is 1. The van der Waals surface area contributed by atoms with Crippen LogP contribution in [0.25, 0.3) is 0 Å². The van der Waals surface area contributed by atoms with Crippen LogP contribution in [0.4, 0.5) is 5.69 Å². The maximum Gasteiger partial charge on any atom is 0.340 e. The number of esters is 1. The highest BCUT2D eigenvalue weighted by Crippen LogP contribution is 2.44. The molecule has 6 nitrogen and oxygen atoms in total. The lowest BCUT2D eigenvalue weighted by Crippen LogP contribution is -2.27. The fraction of sp³-hybridized carbons (Fsp3) is 0.250. The molecule has 136 valence electrons. The van der Waals surface area contributed by atoms with Gasteiger partial charge in [0, 0.05) is 31.4 Å². The number of nitrogens with two attached hydrogens (primary N) is 1. The molecular weight excluding hydrogens is 332 g/mol. The van der Waals surface area contributed by atoms with Gasteiger partial charge in [-0.25, -0.2) is 4.79 Å². The van der Waals surface area contributed by atoms with Crippen molar-refractivity contribution in [1.82, 2.24) is 0 Å². The lowest BCUT2D eigenvalue weighted by molar-refractivity contribution is -0.139. The van der Waals surface area contributed by atoms with Gasteiger partial charge in [-0.3, -0.25) is 0 Å². The van der Waals surface area contributed by atoms with Crippen LogP contribution < -0.4 is 15.4 Å². The largest absolute Gasteiger partial charge is 0.508 e. The number of anilines is 1. The second-order valence-electron chi connectivity index (χ2n) is 6.24. The number of benzene rings is 2. The van der Waals surface area contributed by atoms with Crippen molar-refractivity contribution >= 4 is 11.7 Å². The molecule has 6 heteroatoms. The average molecular weight is 354 g/mol. The highest BCUT2D eigenvalue weighted by molar-refractivity contribution is 5.92. The van der Waals surface area contributed by atoms with Crippen LogP contribution in [-0.2, 0) is 9.53 Å². The summed E-state index contributed by atoms with van der Waals surface area (Å²) in [5, 5.41) is 9.75. The summed E-state index contributed by atoms with van der Waals surface area (Å²) in [5.74, 6) is -0.460. The van der Waals surface area contributed by atoms with Crippen molar-refractivity contribution in [3.8, 4) is 11.5 Å². The summed E-state index contributed by atoms with van der Waals surface area (Å²) in [4.78, 5) is 14.5. The van der Waals surface area contributed by atoms with E-state index in [-0.39, 0.29) is 23.8 Å². The molecule has 1 heterocycles. The van der Waals surface area contributed by atoms with Gasteiger partial charge >= 0.3 is 5.97 Å². The van der Waals surface area contributed by atoms with Crippen molar-refractivity contribution in [2.45, 2.75) is 12.8 Å². The Morgan fingerprint density at radius 3 is 2.54 bits per heavy atom. The molecule has 0 radical (unpaired) electrons. The topological polar surface area (TPSA) is 85.0 Å². The molecule has 3 N–H and O–H groups in total. The molecule has 0 unspecified atom stereocenters. The third kappa shape index (κ3) is 3.18. The maximum absolute atomic E-state index is 12.5. The third-order valence-electron chi connectivity index (χ3n) is 4.32. The van der Waals surface area contributed by atoms with Gasteiger partial charge < -0.3 is 25.2 Å². The Kier molecular flexibility index (Phi) is 4.75. The number of carbonyl (C=O) groups excluding carboxylic acids is 1. The van der Waals surface area contributed by atoms with Crippen LogP contribution in [-0.4, -0.2) is 31.8 Å². The zero-order valence-electron chi connectivity index (χ0n) is 15.0. The minimum Gasteiger partial charge on any atom is -0.508 e. The molecule has 0 spiro atoms. The quantitative estimate of drug-likeness (QED) is 0.821. The van der Waals surface area contributed by atoms with E-state index in [2.05, 4.69) is 0 Å². The Morgan fingerprint density at radius 2 is 1.92 bits per heavy atom. The molecule has 0 fully saturated rings. The van der Waals surface area contributed by atoms with Crippen LogP contribution in [0.3, 0.4) is 0 Å². The molecule has 3 rings (SSSR count). The van der Waals surface area contributed by atoms with Gasteiger partial charge in [-0.05, 0) is 30.7 Å². The Labute approximate surface area is 152 Å². The number of fused-ring (bicyclic) bond motifs is 1. The van der Waals surface area contributed by atoms with Crippen molar-refractivity contribution in [1.29, 1.82) is 0 Å². The number of rotatable bonds is 4. The number of aromatic hydroxyl groups is 1. The number of carbonyl (C=O) groups is 1. The molecule has 2 aromatic carbocycles. The molecule has 1 aliphatic heterocycles. The summed E-state index contributed by atoms with van der Waals surface area (Å²) in [6.07, 6.45) is 0. The predicted molar refractivity (Wildman–Crippen MR) is 99.2 cm³/mol. The molecular formula is C20H22N2O4. The van der Waals surface area contributed by atoms with Crippen molar-refractivity contribution < 1.29 is 19.4 Å². The van der Waals surface area contributed by atoms with Crippen molar-refractivity contribution in [2.75, 3.05) is 25.6 Å². The summed E-state index contributed by atoms with van der Waals surface area (Å²) in [5.41, 5.74) is 8.99. The molecule has 0 amide bonds. The average Bonchev–Trinajstić information content (AvgIpc) is 2.60. The highest BCUT2D eigenvalue weighted by Gasteiger charge is 2.35. The Hall–Kier alpha value is -3.15. The molecule has 0 bridgehead atoms.